The quantitative estimate of drug-likeness (QED) is 0.841. The summed E-state index contributed by atoms with van der Waals surface area (Å²) >= 11 is 5.88. The molecule has 2 aromatic carbocycles. The number of anilines is 1. The van der Waals surface area contributed by atoms with Crippen LogP contribution in [0.3, 0.4) is 0 Å². The Kier molecular flexibility index (Phi) is 5.72. The van der Waals surface area contributed by atoms with E-state index in [1.165, 1.54) is 5.56 Å². The molecule has 4 nitrogen and oxygen atoms in total. The van der Waals surface area contributed by atoms with Crippen LogP contribution in [0.25, 0.3) is 0 Å². The van der Waals surface area contributed by atoms with Crippen LogP contribution >= 0.6 is 11.6 Å². The average molecular weight is 345 g/mol. The Morgan fingerprint density at radius 3 is 2.38 bits per heavy atom. The summed E-state index contributed by atoms with van der Waals surface area (Å²) in [6.45, 7) is 2.52. The Morgan fingerprint density at radius 1 is 1.04 bits per heavy atom. The highest BCUT2D eigenvalue weighted by Gasteiger charge is 2.22. The second kappa shape index (κ2) is 8.18. The monoisotopic (exact) mass is 344 g/mol. The van der Waals surface area contributed by atoms with E-state index in [-0.39, 0.29) is 11.8 Å². The molecule has 0 bridgehead atoms. The summed E-state index contributed by atoms with van der Waals surface area (Å²) in [5, 5.41) is 7.09. The Labute approximate surface area is 147 Å². The summed E-state index contributed by atoms with van der Waals surface area (Å²) in [6, 6.07) is 15.9. The molecule has 1 aliphatic heterocycles. The molecular formula is C19H21ClN2O2. The molecular weight excluding hydrogens is 324 g/mol. The number of amides is 1. The predicted molar refractivity (Wildman–Crippen MR) is 96.0 cm³/mol. The number of hydrogen-bond acceptors (Lipinski definition) is 3. The van der Waals surface area contributed by atoms with Gasteiger partial charge in [-0.1, -0.05) is 35.9 Å². The van der Waals surface area contributed by atoms with Crippen LogP contribution in [0.2, 0.25) is 5.02 Å². The Bertz CT molecular complexity index is 665. The predicted octanol–water partition coefficient (Wildman–Crippen LogP) is 3.60. The molecule has 0 saturated carbocycles. The lowest BCUT2D eigenvalue weighted by molar-refractivity contribution is -0.125. The van der Waals surface area contributed by atoms with Gasteiger partial charge in [-0.3, -0.25) is 4.79 Å². The Morgan fingerprint density at radius 2 is 1.71 bits per heavy atom. The molecule has 1 heterocycles. The number of carbonyl (C=O) groups is 1. The zero-order valence-electron chi connectivity index (χ0n) is 13.4. The lowest BCUT2D eigenvalue weighted by Gasteiger charge is -2.11. The van der Waals surface area contributed by atoms with Gasteiger partial charge in [0.25, 0.3) is 0 Å². The molecule has 2 N–H and O–H groups in total. The number of hydrogen-bond donors (Lipinski definition) is 2. The standard InChI is InChI=1S/C19H21ClN2O2/c20-17-5-1-14(2-6-17)11-21-18-7-3-15(4-8-18)12-22-19(23)16-9-10-24-13-16/h1-8,16,21H,9-13H2,(H,22,23)/t16-/m1/s1. The fraction of sp³-hybridized carbons (Fsp3) is 0.316. The molecule has 1 atom stereocenters. The van der Waals surface area contributed by atoms with Crippen LogP contribution in [0, 0.1) is 5.92 Å². The maximum absolute atomic E-state index is 12.0. The van der Waals surface area contributed by atoms with Crippen LogP contribution in [-0.4, -0.2) is 19.1 Å². The molecule has 0 aromatic heterocycles. The van der Waals surface area contributed by atoms with Gasteiger partial charge < -0.3 is 15.4 Å². The van der Waals surface area contributed by atoms with Crippen molar-refractivity contribution < 1.29 is 9.53 Å². The topological polar surface area (TPSA) is 50.4 Å². The van der Waals surface area contributed by atoms with Crippen molar-refractivity contribution in [2.24, 2.45) is 5.92 Å². The summed E-state index contributed by atoms with van der Waals surface area (Å²) in [5.41, 5.74) is 3.30. The van der Waals surface area contributed by atoms with Crippen molar-refractivity contribution in [2.75, 3.05) is 18.5 Å². The fourth-order valence-electron chi connectivity index (χ4n) is 2.62. The van der Waals surface area contributed by atoms with E-state index in [1.54, 1.807) is 0 Å². The number of nitrogens with one attached hydrogen (secondary N) is 2. The molecule has 5 heteroatoms. The third kappa shape index (κ3) is 4.73. The first-order chi connectivity index (χ1) is 11.7. The van der Waals surface area contributed by atoms with E-state index in [9.17, 15) is 4.79 Å². The van der Waals surface area contributed by atoms with Crippen molar-refractivity contribution in [1.82, 2.24) is 5.32 Å². The molecule has 3 rings (SSSR count). The van der Waals surface area contributed by atoms with Crippen LogP contribution in [-0.2, 0) is 22.6 Å². The van der Waals surface area contributed by atoms with Crippen LogP contribution in [0.4, 0.5) is 5.69 Å². The van der Waals surface area contributed by atoms with E-state index in [2.05, 4.69) is 10.6 Å². The van der Waals surface area contributed by atoms with Gasteiger partial charge in [0, 0.05) is 30.4 Å². The fourth-order valence-corrected chi connectivity index (χ4v) is 2.75. The summed E-state index contributed by atoms with van der Waals surface area (Å²) < 4.78 is 5.24. The van der Waals surface area contributed by atoms with Crippen LogP contribution in [0.1, 0.15) is 17.5 Å². The molecule has 1 aliphatic rings. The van der Waals surface area contributed by atoms with E-state index >= 15 is 0 Å². The molecule has 1 fully saturated rings. The summed E-state index contributed by atoms with van der Waals surface area (Å²) in [5.74, 6) is 0.0859. The SMILES string of the molecule is O=C(NCc1ccc(NCc2ccc(Cl)cc2)cc1)[C@@H]1CCOC1. The van der Waals surface area contributed by atoms with Gasteiger partial charge in [0.15, 0.2) is 0 Å². The van der Waals surface area contributed by atoms with Crippen molar-refractivity contribution in [3.05, 3.63) is 64.7 Å². The van der Waals surface area contributed by atoms with Gasteiger partial charge in [-0.15, -0.1) is 0 Å². The van der Waals surface area contributed by atoms with Crippen LogP contribution in [0.5, 0.6) is 0 Å². The highest BCUT2D eigenvalue weighted by Crippen LogP contribution is 2.15. The van der Waals surface area contributed by atoms with Gasteiger partial charge in [0.1, 0.15) is 0 Å². The number of rotatable bonds is 6. The first-order valence-corrected chi connectivity index (χ1v) is 8.51. The number of halogens is 1. The second-order valence-electron chi connectivity index (χ2n) is 5.96. The zero-order chi connectivity index (χ0) is 16.8. The Hall–Kier alpha value is -2.04. The van der Waals surface area contributed by atoms with Crippen molar-refractivity contribution in [3.8, 4) is 0 Å². The first-order valence-electron chi connectivity index (χ1n) is 8.13. The normalized spacial score (nSPS) is 16.8. The largest absolute Gasteiger partial charge is 0.381 e. The molecule has 0 radical (unpaired) electrons. The van der Waals surface area contributed by atoms with Gasteiger partial charge in [-0.05, 0) is 41.8 Å². The van der Waals surface area contributed by atoms with Crippen molar-refractivity contribution >= 4 is 23.2 Å². The molecule has 1 amide bonds. The average Bonchev–Trinajstić information content (AvgIpc) is 3.15. The van der Waals surface area contributed by atoms with Gasteiger partial charge in [-0.2, -0.15) is 0 Å². The van der Waals surface area contributed by atoms with E-state index in [1.807, 2.05) is 48.5 Å². The molecule has 0 aliphatic carbocycles. The first kappa shape index (κ1) is 16.8. The minimum atomic E-state index is 0.00492. The van der Waals surface area contributed by atoms with Crippen molar-refractivity contribution in [2.45, 2.75) is 19.5 Å². The molecule has 1 saturated heterocycles. The minimum absolute atomic E-state index is 0.00492. The van der Waals surface area contributed by atoms with E-state index in [4.69, 9.17) is 16.3 Å². The molecule has 0 unspecified atom stereocenters. The van der Waals surface area contributed by atoms with Gasteiger partial charge in [-0.25, -0.2) is 0 Å². The van der Waals surface area contributed by atoms with E-state index in [0.29, 0.717) is 19.8 Å². The summed E-state index contributed by atoms with van der Waals surface area (Å²) in [4.78, 5) is 12.0. The lowest BCUT2D eigenvalue weighted by Crippen LogP contribution is -2.30. The molecule has 0 spiro atoms. The maximum atomic E-state index is 12.0. The van der Waals surface area contributed by atoms with Crippen LogP contribution < -0.4 is 10.6 Å². The third-order valence-electron chi connectivity index (χ3n) is 4.13. The molecule has 126 valence electrons. The van der Waals surface area contributed by atoms with E-state index in [0.717, 1.165) is 29.2 Å². The van der Waals surface area contributed by atoms with Gasteiger partial charge in [0.05, 0.1) is 12.5 Å². The lowest BCUT2D eigenvalue weighted by atomic mass is 10.1. The third-order valence-corrected chi connectivity index (χ3v) is 4.38. The van der Waals surface area contributed by atoms with Crippen molar-refractivity contribution in [3.63, 3.8) is 0 Å². The molecule has 2 aromatic rings. The smallest absolute Gasteiger partial charge is 0.225 e. The molecule has 24 heavy (non-hydrogen) atoms. The number of benzene rings is 2. The second-order valence-corrected chi connectivity index (χ2v) is 6.39. The van der Waals surface area contributed by atoms with Crippen LogP contribution in [0.15, 0.2) is 48.5 Å². The van der Waals surface area contributed by atoms with E-state index < -0.39 is 0 Å². The van der Waals surface area contributed by atoms with Gasteiger partial charge >= 0.3 is 0 Å². The highest BCUT2D eigenvalue weighted by atomic mass is 35.5. The highest BCUT2D eigenvalue weighted by molar-refractivity contribution is 6.30. The Balaban J connectivity index is 1.46. The maximum Gasteiger partial charge on any atom is 0.225 e. The summed E-state index contributed by atoms with van der Waals surface area (Å²) in [7, 11) is 0. The number of carbonyl (C=O) groups excluding carboxylic acids is 1. The summed E-state index contributed by atoms with van der Waals surface area (Å²) in [6.07, 6.45) is 0.819. The van der Waals surface area contributed by atoms with Crippen molar-refractivity contribution in [1.29, 1.82) is 0 Å². The number of ether oxygens (including phenoxy) is 1. The van der Waals surface area contributed by atoms with Gasteiger partial charge in [0.2, 0.25) is 5.91 Å². The minimum Gasteiger partial charge on any atom is -0.381 e. The zero-order valence-corrected chi connectivity index (χ0v) is 14.2.